The van der Waals surface area contributed by atoms with Gasteiger partial charge in [-0.25, -0.2) is 4.79 Å². The number of carbonyl (C=O) groups is 1. The number of rotatable bonds is 13. The van der Waals surface area contributed by atoms with Gasteiger partial charge in [0.25, 0.3) is 0 Å². The van der Waals surface area contributed by atoms with Crippen molar-refractivity contribution in [3.63, 3.8) is 0 Å². The van der Waals surface area contributed by atoms with Gasteiger partial charge in [-0.05, 0) is 19.8 Å². The molecule has 0 aromatic heterocycles. The van der Waals surface area contributed by atoms with Crippen LogP contribution in [0.1, 0.15) is 65.7 Å². The summed E-state index contributed by atoms with van der Waals surface area (Å²) in [7, 11) is 0. The highest BCUT2D eigenvalue weighted by Crippen LogP contribution is 2.13. The van der Waals surface area contributed by atoms with Crippen molar-refractivity contribution in [2.75, 3.05) is 6.61 Å². The van der Waals surface area contributed by atoms with Gasteiger partial charge in [0.15, 0.2) is 0 Å². The van der Waals surface area contributed by atoms with Crippen LogP contribution in [0.4, 0.5) is 0 Å². The van der Waals surface area contributed by atoms with Crippen LogP contribution >= 0.6 is 0 Å². The molecule has 0 aliphatic rings. The molecule has 4 nitrogen and oxygen atoms in total. The molecule has 0 aromatic carbocycles. The first kappa shape index (κ1) is 20.1. The van der Waals surface area contributed by atoms with Crippen molar-refractivity contribution in [2.45, 2.75) is 84.0 Å². The number of aliphatic hydroxyl groups excluding tert-OH is 1. The summed E-state index contributed by atoms with van der Waals surface area (Å²) >= 11 is 0. The highest BCUT2D eigenvalue weighted by atomic mass is 16.6. The first-order valence-corrected chi connectivity index (χ1v) is 8.17. The van der Waals surface area contributed by atoms with Gasteiger partial charge in [0.05, 0.1) is 12.7 Å². The summed E-state index contributed by atoms with van der Waals surface area (Å²) in [6.45, 7) is 9.47. The normalized spacial score (nSPS) is 15.2. The van der Waals surface area contributed by atoms with Crippen LogP contribution in [0.5, 0.6) is 0 Å². The van der Waals surface area contributed by atoms with Gasteiger partial charge in [-0.3, -0.25) is 0 Å². The monoisotopic (exact) mass is 300 g/mol. The number of ether oxygens (including phenoxy) is 2. The molecule has 21 heavy (non-hydrogen) atoms. The SMILES string of the molecule is C=CC(=O)OC(C)C(O)COC(CC)CCCCCCC. The average Bonchev–Trinajstić information content (AvgIpc) is 2.49. The fourth-order valence-corrected chi connectivity index (χ4v) is 2.06. The van der Waals surface area contributed by atoms with E-state index < -0.39 is 18.2 Å². The lowest BCUT2D eigenvalue weighted by molar-refractivity contribution is -0.150. The summed E-state index contributed by atoms with van der Waals surface area (Å²) in [6, 6.07) is 0. The van der Waals surface area contributed by atoms with Crippen molar-refractivity contribution in [1.29, 1.82) is 0 Å². The van der Waals surface area contributed by atoms with Gasteiger partial charge in [0.2, 0.25) is 0 Å². The van der Waals surface area contributed by atoms with Crippen LogP contribution in [0.2, 0.25) is 0 Å². The number of hydrogen-bond donors (Lipinski definition) is 1. The predicted octanol–water partition coefficient (Wildman–Crippen LogP) is 3.62. The van der Waals surface area contributed by atoms with E-state index in [0.29, 0.717) is 0 Å². The second kappa shape index (κ2) is 12.8. The third kappa shape index (κ3) is 10.5. The fraction of sp³-hybridized carbons (Fsp3) is 0.824. The van der Waals surface area contributed by atoms with E-state index in [-0.39, 0.29) is 12.7 Å². The van der Waals surface area contributed by atoms with Crippen molar-refractivity contribution in [2.24, 2.45) is 0 Å². The minimum absolute atomic E-state index is 0.170. The summed E-state index contributed by atoms with van der Waals surface area (Å²) in [5.74, 6) is -0.524. The van der Waals surface area contributed by atoms with Crippen LogP contribution in [-0.2, 0) is 14.3 Å². The van der Waals surface area contributed by atoms with Gasteiger partial charge in [-0.2, -0.15) is 0 Å². The number of hydrogen-bond acceptors (Lipinski definition) is 4. The first-order valence-electron chi connectivity index (χ1n) is 8.17. The predicted molar refractivity (Wildman–Crippen MR) is 85.2 cm³/mol. The molecule has 0 heterocycles. The lowest BCUT2D eigenvalue weighted by atomic mass is 10.1. The van der Waals surface area contributed by atoms with Crippen molar-refractivity contribution in [3.8, 4) is 0 Å². The molecule has 4 heteroatoms. The number of aliphatic hydroxyl groups is 1. The Labute approximate surface area is 129 Å². The fourth-order valence-electron chi connectivity index (χ4n) is 2.06. The minimum Gasteiger partial charge on any atom is -0.457 e. The molecular weight excluding hydrogens is 268 g/mol. The Morgan fingerprint density at radius 1 is 1.24 bits per heavy atom. The molecule has 3 atom stereocenters. The zero-order valence-electron chi connectivity index (χ0n) is 13.8. The smallest absolute Gasteiger partial charge is 0.330 e. The summed E-state index contributed by atoms with van der Waals surface area (Å²) < 4.78 is 10.7. The molecule has 0 fully saturated rings. The maximum atomic E-state index is 11.1. The van der Waals surface area contributed by atoms with Crippen molar-refractivity contribution in [1.82, 2.24) is 0 Å². The Morgan fingerprint density at radius 3 is 2.48 bits per heavy atom. The topological polar surface area (TPSA) is 55.8 Å². The molecule has 0 rings (SSSR count). The highest BCUT2D eigenvalue weighted by Gasteiger charge is 2.19. The zero-order chi connectivity index (χ0) is 16.1. The molecule has 0 bridgehead atoms. The largest absolute Gasteiger partial charge is 0.457 e. The summed E-state index contributed by atoms with van der Waals surface area (Å²) in [5, 5.41) is 9.91. The third-order valence-electron chi connectivity index (χ3n) is 3.60. The lowest BCUT2D eigenvalue weighted by Crippen LogP contribution is -2.33. The molecule has 0 aliphatic heterocycles. The average molecular weight is 300 g/mol. The molecule has 0 aliphatic carbocycles. The summed E-state index contributed by atoms with van der Waals surface area (Å²) in [6.07, 6.45) is 8.06. The lowest BCUT2D eigenvalue weighted by Gasteiger charge is -2.22. The molecule has 0 radical (unpaired) electrons. The van der Waals surface area contributed by atoms with E-state index >= 15 is 0 Å². The molecule has 0 aromatic rings. The molecule has 1 N–H and O–H groups in total. The van der Waals surface area contributed by atoms with Gasteiger partial charge in [-0.1, -0.05) is 52.5 Å². The van der Waals surface area contributed by atoms with Crippen LogP contribution < -0.4 is 0 Å². The highest BCUT2D eigenvalue weighted by molar-refractivity contribution is 5.81. The zero-order valence-corrected chi connectivity index (χ0v) is 13.8. The molecule has 124 valence electrons. The maximum Gasteiger partial charge on any atom is 0.330 e. The van der Waals surface area contributed by atoms with Crippen molar-refractivity contribution < 1.29 is 19.4 Å². The second-order valence-electron chi connectivity index (χ2n) is 5.48. The van der Waals surface area contributed by atoms with Gasteiger partial charge >= 0.3 is 5.97 Å². The van der Waals surface area contributed by atoms with Crippen LogP contribution in [0.15, 0.2) is 12.7 Å². The Bertz CT molecular complexity index is 278. The van der Waals surface area contributed by atoms with E-state index in [1.54, 1.807) is 6.92 Å². The van der Waals surface area contributed by atoms with Crippen LogP contribution in [0, 0.1) is 0 Å². The number of esters is 1. The molecule has 0 amide bonds. The van der Waals surface area contributed by atoms with E-state index in [1.807, 2.05) is 0 Å². The Hall–Kier alpha value is -0.870. The quantitative estimate of drug-likeness (QED) is 0.321. The Kier molecular flexibility index (Phi) is 12.3. The van der Waals surface area contributed by atoms with Crippen molar-refractivity contribution >= 4 is 5.97 Å². The third-order valence-corrected chi connectivity index (χ3v) is 3.60. The summed E-state index contributed by atoms with van der Waals surface area (Å²) in [5.41, 5.74) is 0. The molecule has 0 saturated carbocycles. The maximum absolute atomic E-state index is 11.1. The molecule has 0 saturated heterocycles. The first-order chi connectivity index (χ1) is 10.0. The van der Waals surface area contributed by atoms with E-state index in [4.69, 9.17) is 9.47 Å². The van der Waals surface area contributed by atoms with E-state index in [2.05, 4.69) is 20.4 Å². The second-order valence-corrected chi connectivity index (χ2v) is 5.48. The molecule has 3 unspecified atom stereocenters. The Morgan fingerprint density at radius 2 is 1.90 bits per heavy atom. The van der Waals surface area contributed by atoms with Gasteiger partial charge in [0.1, 0.15) is 12.2 Å². The van der Waals surface area contributed by atoms with E-state index in [0.717, 1.165) is 25.3 Å². The van der Waals surface area contributed by atoms with Crippen molar-refractivity contribution in [3.05, 3.63) is 12.7 Å². The standard InChI is InChI=1S/C17H32O4/c1-5-8-9-10-11-12-15(6-2)20-13-16(18)14(4)21-17(19)7-3/h7,14-16,18H,3,5-6,8-13H2,1-2,4H3. The Balaban J connectivity index is 3.86. The van der Waals surface area contributed by atoms with Crippen LogP contribution in [0.3, 0.4) is 0 Å². The molecular formula is C17H32O4. The van der Waals surface area contributed by atoms with Gasteiger partial charge in [-0.15, -0.1) is 0 Å². The minimum atomic E-state index is -0.803. The van der Waals surface area contributed by atoms with Crippen LogP contribution in [0.25, 0.3) is 0 Å². The van der Waals surface area contributed by atoms with Gasteiger partial charge in [0, 0.05) is 6.08 Å². The number of unbranched alkanes of at least 4 members (excludes halogenated alkanes) is 4. The number of carbonyl (C=O) groups excluding carboxylic acids is 1. The summed E-state index contributed by atoms with van der Waals surface area (Å²) in [4.78, 5) is 11.1. The van der Waals surface area contributed by atoms with Gasteiger partial charge < -0.3 is 14.6 Å². The van der Waals surface area contributed by atoms with Crippen LogP contribution in [-0.4, -0.2) is 36.0 Å². The van der Waals surface area contributed by atoms with E-state index in [9.17, 15) is 9.90 Å². The van der Waals surface area contributed by atoms with E-state index in [1.165, 1.54) is 25.7 Å². The molecule has 0 spiro atoms.